The van der Waals surface area contributed by atoms with Crippen molar-refractivity contribution in [2.75, 3.05) is 0 Å². The average molecular weight is 545 g/mol. The maximum Gasteiger partial charge on any atom is 0.349 e. The molecule has 5 rings (SSSR count). The van der Waals surface area contributed by atoms with Crippen molar-refractivity contribution < 1.29 is 9.66 Å². The van der Waals surface area contributed by atoms with Crippen molar-refractivity contribution in [3.05, 3.63) is 125 Å². The first-order valence-electron chi connectivity index (χ1n) is 10.8. The molecule has 0 aliphatic carbocycles. The van der Waals surface area contributed by atoms with Crippen LogP contribution in [0.5, 0.6) is 5.75 Å². The van der Waals surface area contributed by atoms with Gasteiger partial charge in [0, 0.05) is 16.1 Å². The summed E-state index contributed by atoms with van der Waals surface area (Å²) in [5.74, 6) is -0.0369. The number of ether oxygens (including phenoxy) is 1. The summed E-state index contributed by atoms with van der Waals surface area (Å²) >= 11 is 3.27. The Morgan fingerprint density at radius 3 is 2.53 bits per heavy atom. The Bertz CT molecular complexity index is 1790. The summed E-state index contributed by atoms with van der Waals surface area (Å²) in [4.78, 5) is 39.2. The smallest absolute Gasteiger partial charge is 0.349 e. The van der Waals surface area contributed by atoms with E-state index in [9.17, 15) is 19.7 Å². The molecule has 1 heterocycles. The van der Waals surface area contributed by atoms with Crippen LogP contribution < -0.4 is 16.0 Å². The second kappa shape index (κ2) is 9.59. The largest absolute Gasteiger partial charge is 0.481 e. The van der Waals surface area contributed by atoms with E-state index in [1.54, 1.807) is 30.3 Å². The van der Waals surface area contributed by atoms with Gasteiger partial charge in [-0.1, -0.05) is 70.5 Å². The second-order valence-corrected chi connectivity index (χ2v) is 8.78. The molecule has 0 fully saturated rings. The first-order chi connectivity index (χ1) is 17.4. The first-order valence-corrected chi connectivity index (χ1v) is 11.6. The van der Waals surface area contributed by atoms with Crippen molar-refractivity contribution in [1.29, 1.82) is 0 Å². The minimum absolute atomic E-state index is 0.0369. The maximum absolute atomic E-state index is 12.8. The van der Waals surface area contributed by atoms with Gasteiger partial charge in [0.05, 0.1) is 22.0 Å². The van der Waals surface area contributed by atoms with Gasteiger partial charge >= 0.3 is 11.4 Å². The summed E-state index contributed by atoms with van der Waals surface area (Å²) in [6, 6.07) is 22.9. The van der Waals surface area contributed by atoms with Gasteiger partial charge in [0.2, 0.25) is 5.75 Å². The third-order valence-corrected chi connectivity index (χ3v) is 6.07. The number of fused-ring (bicyclic) bond motifs is 2. The Morgan fingerprint density at radius 2 is 1.72 bits per heavy atom. The lowest BCUT2D eigenvalue weighted by atomic mass is 10.1. The molecule has 4 aromatic carbocycles. The molecule has 0 saturated carbocycles. The lowest BCUT2D eigenvalue weighted by molar-refractivity contribution is -0.386. The molecule has 0 radical (unpaired) electrons. The summed E-state index contributed by atoms with van der Waals surface area (Å²) < 4.78 is 7.05. The van der Waals surface area contributed by atoms with E-state index in [2.05, 4.69) is 26.0 Å². The van der Waals surface area contributed by atoms with Crippen LogP contribution in [0, 0.1) is 10.1 Å². The number of rotatable bonds is 6. The molecule has 10 heteroatoms. The van der Waals surface area contributed by atoms with Gasteiger partial charge in [-0.05, 0) is 34.5 Å². The zero-order valence-corrected chi connectivity index (χ0v) is 20.1. The van der Waals surface area contributed by atoms with E-state index in [4.69, 9.17) is 4.74 Å². The van der Waals surface area contributed by atoms with Gasteiger partial charge in [0.1, 0.15) is 6.61 Å². The highest BCUT2D eigenvalue weighted by Gasteiger charge is 2.21. The number of nitrogens with one attached hydrogen (secondary N) is 1. The fourth-order valence-corrected chi connectivity index (χ4v) is 4.40. The van der Waals surface area contributed by atoms with Crippen LogP contribution in [0.2, 0.25) is 0 Å². The third-order valence-electron chi connectivity index (χ3n) is 5.61. The molecular weight excluding hydrogens is 528 g/mol. The van der Waals surface area contributed by atoms with Crippen molar-refractivity contribution in [3.8, 4) is 5.75 Å². The van der Waals surface area contributed by atoms with E-state index in [1.165, 1.54) is 12.3 Å². The van der Waals surface area contributed by atoms with Crippen LogP contribution in [0.15, 0.2) is 98.0 Å². The molecule has 0 unspecified atom stereocenters. The molecule has 1 N–H and O–H groups in total. The van der Waals surface area contributed by atoms with Crippen LogP contribution in [0.1, 0.15) is 11.1 Å². The Kier molecular flexibility index (Phi) is 6.17. The number of halogens is 1. The van der Waals surface area contributed by atoms with Gasteiger partial charge in [-0.2, -0.15) is 5.10 Å². The predicted octanol–water partition coefficient (Wildman–Crippen LogP) is 4.97. The van der Waals surface area contributed by atoms with Gasteiger partial charge < -0.3 is 9.72 Å². The highest BCUT2D eigenvalue weighted by Crippen LogP contribution is 2.35. The number of nitro benzene ring substituents is 1. The van der Waals surface area contributed by atoms with Crippen molar-refractivity contribution in [2.24, 2.45) is 5.10 Å². The van der Waals surface area contributed by atoms with Crippen molar-refractivity contribution in [3.63, 3.8) is 0 Å². The quantitative estimate of drug-likeness (QED) is 0.184. The maximum atomic E-state index is 12.8. The minimum Gasteiger partial charge on any atom is -0.481 e. The minimum atomic E-state index is -0.738. The number of hydrogen-bond donors (Lipinski definition) is 1. The number of H-pyrrole nitrogens is 1. The third kappa shape index (κ3) is 4.41. The lowest BCUT2D eigenvalue weighted by Gasteiger charge is -2.12. The number of aromatic amines is 1. The topological polar surface area (TPSA) is 120 Å². The first kappa shape index (κ1) is 23.2. The number of aromatic nitrogens is 2. The normalized spacial score (nSPS) is 11.4. The fourth-order valence-electron chi connectivity index (χ4n) is 3.93. The SMILES string of the molecule is O=c1[nH]c2ccccc2c(=O)n1N=Cc1cc(Br)cc([N+](=O)[O-])c1OCc1cccc2ccccc12. The summed E-state index contributed by atoms with van der Waals surface area (Å²) in [5.41, 5.74) is -0.195. The van der Waals surface area contributed by atoms with E-state index in [1.807, 2.05) is 42.5 Å². The Balaban J connectivity index is 1.58. The van der Waals surface area contributed by atoms with Crippen LogP contribution in [-0.2, 0) is 6.61 Å². The molecule has 0 atom stereocenters. The molecule has 0 saturated heterocycles. The predicted molar refractivity (Wildman–Crippen MR) is 141 cm³/mol. The molecular formula is C26H17BrN4O5. The van der Waals surface area contributed by atoms with Gasteiger partial charge in [0.15, 0.2) is 0 Å². The molecule has 36 heavy (non-hydrogen) atoms. The fraction of sp³-hybridized carbons (Fsp3) is 0.0385. The van der Waals surface area contributed by atoms with Gasteiger partial charge in [-0.3, -0.25) is 14.9 Å². The van der Waals surface area contributed by atoms with E-state index in [0.29, 0.717) is 14.7 Å². The molecule has 1 aromatic heterocycles. The number of hydrogen-bond acceptors (Lipinski definition) is 6. The van der Waals surface area contributed by atoms with E-state index in [-0.39, 0.29) is 29.0 Å². The summed E-state index contributed by atoms with van der Waals surface area (Å²) in [6.07, 6.45) is 1.20. The summed E-state index contributed by atoms with van der Waals surface area (Å²) in [5, 5.41) is 18.1. The Labute approximate surface area is 211 Å². The van der Waals surface area contributed by atoms with Crippen molar-refractivity contribution >= 4 is 49.5 Å². The van der Waals surface area contributed by atoms with E-state index >= 15 is 0 Å². The standard InChI is InChI=1S/C26H17BrN4O5/c27-19-12-18(14-28-30-25(32)21-10-3-4-11-22(21)29-26(30)33)24(23(13-19)31(34)35)36-15-17-8-5-7-16-6-1-2-9-20(16)17/h1-14H,15H2,(H,29,33). The van der Waals surface area contributed by atoms with Crippen LogP contribution in [0.3, 0.4) is 0 Å². The van der Waals surface area contributed by atoms with Gasteiger partial charge in [0.25, 0.3) is 5.56 Å². The molecule has 9 nitrogen and oxygen atoms in total. The number of nitro groups is 1. The monoisotopic (exact) mass is 544 g/mol. The summed E-state index contributed by atoms with van der Waals surface area (Å²) in [6.45, 7) is 0.0567. The zero-order chi connectivity index (χ0) is 25.2. The highest BCUT2D eigenvalue weighted by molar-refractivity contribution is 9.10. The van der Waals surface area contributed by atoms with Crippen molar-refractivity contribution in [2.45, 2.75) is 6.61 Å². The molecule has 0 amide bonds. The molecule has 0 bridgehead atoms. The Morgan fingerprint density at radius 1 is 1.00 bits per heavy atom. The lowest BCUT2D eigenvalue weighted by Crippen LogP contribution is -2.32. The van der Waals surface area contributed by atoms with E-state index in [0.717, 1.165) is 16.3 Å². The average Bonchev–Trinajstić information content (AvgIpc) is 2.87. The zero-order valence-electron chi connectivity index (χ0n) is 18.6. The number of nitrogens with zero attached hydrogens (tertiary/aromatic N) is 3. The Hall–Kier alpha value is -4.57. The molecule has 0 aliphatic rings. The van der Waals surface area contributed by atoms with Crippen LogP contribution in [-0.4, -0.2) is 20.8 Å². The second-order valence-electron chi connectivity index (χ2n) is 7.86. The molecule has 0 aliphatic heterocycles. The van der Waals surface area contributed by atoms with Crippen molar-refractivity contribution in [1.82, 2.24) is 9.66 Å². The number of benzene rings is 4. The summed E-state index contributed by atoms with van der Waals surface area (Å²) in [7, 11) is 0. The van der Waals surface area contributed by atoms with Crippen LogP contribution >= 0.6 is 15.9 Å². The number of para-hydroxylation sites is 1. The molecule has 0 spiro atoms. The molecule has 178 valence electrons. The van der Waals surface area contributed by atoms with Gasteiger partial charge in [-0.15, -0.1) is 4.68 Å². The van der Waals surface area contributed by atoms with Crippen LogP contribution in [0.25, 0.3) is 21.7 Å². The van der Waals surface area contributed by atoms with Crippen LogP contribution in [0.4, 0.5) is 5.69 Å². The highest BCUT2D eigenvalue weighted by atomic mass is 79.9. The van der Waals surface area contributed by atoms with Gasteiger partial charge in [-0.25, -0.2) is 4.79 Å². The van der Waals surface area contributed by atoms with E-state index < -0.39 is 16.2 Å². The molecule has 5 aromatic rings.